The quantitative estimate of drug-likeness (QED) is 0.754. The van der Waals surface area contributed by atoms with Crippen LogP contribution in [0.3, 0.4) is 0 Å². The Morgan fingerprint density at radius 3 is 3.06 bits per heavy atom. The SMILES string of the molecule is CCNCCCc1nnc(-c2ccco2)o1. The summed E-state index contributed by atoms with van der Waals surface area (Å²) in [6.07, 6.45) is 3.37. The van der Waals surface area contributed by atoms with E-state index in [2.05, 4.69) is 22.4 Å². The molecule has 86 valence electrons. The first-order chi connectivity index (χ1) is 7.90. The average molecular weight is 221 g/mol. The van der Waals surface area contributed by atoms with Gasteiger partial charge in [-0.05, 0) is 31.6 Å². The molecule has 0 atom stereocenters. The zero-order chi connectivity index (χ0) is 11.2. The van der Waals surface area contributed by atoms with Crippen molar-refractivity contribution in [3.8, 4) is 11.7 Å². The zero-order valence-corrected chi connectivity index (χ0v) is 9.27. The van der Waals surface area contributed by atoms with Crippen LogP contribution in [0.5, 0.6) is 0 Å². The first-order valence-electron chi connectivity index (χ1n) is 5.47. The molecule has 0 aliphatic heterocycles. The van der Waals surface area contributed by atoms with Crippen LogP contribution >= 0.6 is 0 Å². The highest BCUT2D eigenvalue weighted by molar-refractivity contribution is 5.42. The van der Waals surface area contributed by atoms with Crippen molar-refractivity contribution in [1.82, 2.24) is 15.5 Å². The standard InChI is InChI=1S/C11H15N3O2/c1-2-12-7-3-6-10-13-14-11(16-10)9-5-4-8-15-9/h4-5,8,12H,2-3,6-7H2,1H3. The van der Waals surface area contributed by atoms with Crippen LogP contribution in [-0.2, 0) is 6.42 Å². The fourth-order valence-corrected chi connectivity index (χ4v) is 1.40. The Bertz CT molecular complexity index is 409. The molecule has 2 aromatic rings. The zero-order valence-electron chi connectivity index (χ0n) is 9.27. The van der Waals surface area contributed by atoms with Crippen LogP contribution in [0.4, 0.5) is 0 Å². The topological polar surface area (TPSA) is 64.1 Å². The summed E-state index contributed by atoms with van der Waals surface area (Å²) < 4.78 is 10.6. The van der Waals surface area contributed by atoms with Gasteiger partial charge < -0.3 is 14.2 Å². The third-order valence-electron chi connectivity index (χ3n) is 2.19. The molecule has 5 nitrogen and oxygen atoms in total. The van der Waals surface area contributed by atoms with Crippen molar-refractivity contribution in [2.45, 2.75) is 19.8 Å². The molecule has 5 heteroatoms. The number of rotatable bonds is 6. The highest BCUT2D eigenvalue weighted by Gasteiger charge is 2.09. The molecular formula is C11H15N3O2. The third kappa shape index (κ3) is 2.70. The second-order valence-corrected chi connectivity index (χ2v) is 3.44. The molecule has 2 rings (SSSR count). The van der Waals surface area contributed by atoms with Crippen LogP contribution in [0.2, 0.25) is 0 Å². The van der Waals surface area contributed by atoms with Gasteiger partial charge in [0.2, 0.25) is 5.89 Å². The molecule has 0 aromatic carbocycles. The molecule has 0 saturated heterocycles. The largest absolute Gasteiger partial charge is 0.459 e. The Labute approximate surface area is 93.9 Å². The highest BCUT2D eigenvalue weighted by Crippen LogP contribution is 2.18. The lowest BCUT2D eigenvalue weighted by atomic mass is 10.3. The first-order valence-corrected chi connectivity index (χ1v) is 5.47. The number of nitrogens with zero attached hydrogens (tertiary/aromatic N) is 2. The van der Waals surface area contributed by atoms with E-state index >= 15 is 0 Å². The summed E-state index contributed by atoms with van der Waals surface area (Å²) in [5.41, 5.74) is 0. The minimum absolute atomic E-state index is 0.448. The van der Waals surface area contributed by atoms with Gasteiger partial charge in [-0.15, -0.1) is 10.2 Å². The molecule has 0 saturated carbocycles. The summed E-state index contributed by atoms with van der Waals surface area (Å²) in [5, 5.41) is 11.1. The molecule has 1 N–H and O–H groups in total. The van der Waals surface area contributed by atoms with Gasteiger partial charge in [-0.3, -0.25) is 0 Å². The lowest BCUT2D eigenvalue weighted by Crippen LogP contribution is -2.14. The van der Waals surface area contributed by atoms with Gasteiger partial charge in [0.1, 0.15) is 0 Å². The Balaban J connectivity index is 1.88. The number of aromatic nitrogens is 2. The van der Waals surface area contributed by atoms with Crippen LogP contribution in [-0.4, -0.2) is 23.3 Å². The first kappa shape index (κ1) is 10.9. The third-order valence-corrected chi connectivity index (χ3v) is 2.19. The predicted octanol–water partition coefficient (Wildman–Crippen LogP) is 1.87. The minimum atomic E-state index is 0.448. The molecule has 0 spiro atoms. The van der Waals surface area contributed by atoms with E-state index in [1.807, 2.05) is 0 Å². The van der Waals surface area contributed by atoms with E-state index in [1.165, 1.54) is 0 Å². The van der Waals surface area contributed by atoms with Crippen molar-refractivity contribution in [2.24, 2.45) is 0 Å². The van der Waals surface area contributed by atoms with Crippen LogP contribution in [0.1, 0.15) is 19.2 Å². The monoisotopic (exact) mass is 221 g/mol. The molecule has 2 heterocycles. The van der Waals surface area contributed by atoms with Gasteiger partial charge in [-0.2, -0.15) is 0 Å². The molecule has 0 aliphatic rings. The summed E-state index contributed by atoms with van der Waals surface area (Å²) in [6, 6.07) is 3.60. The van der Waals surface area contributed by atoms with Crippen LogP contribution in [0.25, 0.3) is 11.7 Å². The van der Waals surface area contributed by atoms with E-state index in [9.17, 15) is 0 Å². The fourth-order valence-electron chi connectivity index (χ4n) is 1.40. The van der Waals surface area contributed by atoms with Crippen LogP contribution < -0.4 is 5.32 Å². The highest BCUT2D eigenvalue weighted by atomic mass is 16.4. The van der Waals surface area contributed by atoms with Gasteiger partial charge in [-0.25, -0.2) is 0 Å². The summed E-state index contributed by atoms with van der Waals surface area (Å²) in [4.78, 5) is 0. The number of aryl methyl sites for hydroxylation is 1. The van der Waals surface area contributed by atoms with Crippen molar-refractivity contribution in [2.75, 3.05) is 13.1 Å². The molecular weight excluding hydrogens is 206 g/mol. The summed E-state index contributed by atoms with van der Waals surface area (Å²) in [6.45, 7) is 4.04. The smallest absolute Gasteiger partial charge is 0.283 e. The van der Waals surface area contributed by atoms with E-state index < -0.39 is 0 Å². The Morgan fingerprint density at radius 2 is 2.31 bits per heavy atom. The van der Waals surface area contributed by atoms with Gasteiger partial charge in [0.15, 0.2) is 5.76 Å². The molecule has 16 heavy (non-hydrogen) atoms. The maximum Gasteiger partial charge on any atom is 0.283 e. The number of hydrogen-bond acceptors (Lipinski definition) is 5. The maximum absolute atomic E-state index is 5.46. The number of furan rings is 1. The maximum atomic E-state index is 5.46. The summed E-state index contributed by atoms with van der Waals surface area (Å²) in [5.74, 6) is 1.72. The normalized spacial score (nSPS) is 10.8. The molecule has 0 bridgehead atoms. The lowest BCUT2D eigenvalue weighted by Gasteiger charge is -1.97. The second-order valence-electron chi connectivity index (χ2n) is 3.44. The van der Waals surface area contributed by atoms with Gasteiger partial charge in [0, 0.05) is 6.42 Å². The molecule has 0 radical (unpaired) electrons. The van der Waals surface area contributed by atoms with Gasteiger partial charge in [-0.1, -0.05) is 6.92 Å². The second kappa shape index (κ2) is 5.46. The number of nitrogens with one attached hydrogen (secondary N) is 1. The molecule has 0 unspecified atom stereocenters. The Morgan fingerprint density at radius 1 is 1.38 bits per heavy atom. The van der Waals surface area contributed by atoms with Gasteiger partial charge in [0.25, 0.3) is 5.89 Å². The van der Waals surface area contributed by atoms with Crippen molar-refractivity contribution >= 4 is 0 Å². The predicted molar refractivity (Wildman–Crippen MR) is 58.9 cm³/mol. The van der Waals surface area contributed by atoms with E-state index in [4.69, 9.17) is 8.83 Å². The Kier molecular flexibility index (Phi) is 3.71. The molecule has 2 aromatic heterocycles. The van der Waals surface area contributed by atoms with E-state index in [1.54, 1.807) is 18.4 Å². The van der Waals surface area contributed by atoms with Gasteiger partial charge >= 0.3 is 0 Å². The molecule has 0 aliphatic carbocycles. The molecule has 0 amide bonds. The fraction of sp³-hybridized carbons (Fsp3) is 0.455. The van der Waals surface area contributed by atoms with Crippen molar-refractivity contribution < 1.29 is 8.83 Å². The van der Waals surface area contributed by atoms with Gasteiger partial charge in [0.05, 0.1) is 6.26 Å². The average Bonchev–Trinajstić information content (AvgIpc) is 2.94. The number of hydrogen-bond donors (Lipinski definition) is 1. The van der Waals surface area contributed by atoms with Crippen LogP contribution in [0, 0.1) is 0 Å². The summed E-state index contributed by atoms with van der Waals surface area (Å²) >= 11 is 0. The lowest BCUT2D eigenvalue weighted by molar-refractivity contribution is 0.471. The molecule has 0 fully saturated rings. The van der Waals surface area contributed by atoms with Crippen LogP contribution in [0.15, 0.2) is 27.2 Å². The van der Waals surface area contributed by atoms with Crippen molar-refractivity contribution in [3.63, 3.8) is 0 Å². The van der Waals surface area contributed by atoms with Crippen molar-refractivity contribution in [1.29, 1.82) is 0 Å². The van der Waals surface area contributed by atoms with E-state index in [0.717, 1.165) is 25.9 Å². The Hall–Kier alpha value is -1.62. The summed E-state index contributed by atoms with van der Waals surface area (Å²) in [7, 11) is 0. The van der Waals surface area contributed by atoms with Crippen molar-refractivity contribution in [3.05, 3.63) is 24.3 Å². The minimum Gasteiger partial charge on any atom is -0.459 e. The van der Waals surface area contributed by atoms with E-state index in [0.29, 0.717) is 17.5 Å². The van der Waals surface area contributed by atoms with E-state index in [-0.39, 0.29) is 0 Å².